The summed E-state index contributed by atoms with van der Waals surface area (Å²) in [6.45, 7) is 23.2. The van der Waals surface area contributed by atoms with Crippen LogP contribution in [0.15, 0.2) is 24.3 Å². The number of hydrogen-bond acceptors (Lipinski definition) is 4. The van der Waals surface area contributed by atoms with E-state index in [2.05, 4.69) is 88.9 Å². The van der Waals surface area contributed by atoms with Gasteiger partial charge in [0.05, 0.1) is 55.5 Å². The summed E-state index contributed by atoms with van der Waals surface area (Å²) in [4.78, 5) is 0. The smallest absolute Gasteiger partial charge is 0.164 e. The molecule has 0 aliphatic carbocycles. The quantitative estimate of drug-likeness (QED) is 0.0444. The number of nitrogens with zero attached hydrogens (tertiary/aromatic N) is 1. The lowest BCUT2D eigenvalue weighted by Crippen LogP contribution is -2.34. The van der Waals surface area contributed by atoms with E-state index in [1.165, 1.54) is 147 Å². The molecule has 0 saturated heterocycles. The van der Waals surface area contributed by atoms with Crippen LogP contribution in [0, 0.1) is 6.92 Å². The first-order valence-corrected chi connectivity index (χ1v) is 30.1. The molecule has 3 aromatic heterocycles. The third kappa shape index (κ3) is 12.8. The molecule has 0 fully saturated rings. The maximum absolute atomic E-state index is 6.70. The monoisotopic (exact) mass is 781 g/mol. The maximum Gasteiger partial charge on any atom is 0.164 e. The third-order valence-corrected chi connectivity index (χ3v) is 20.1. The second kappa shape index (κ2) is 21.5. The topological polar surface area (TPSA) is 23.4 Å². The van der Waals surface area contributed by atoms with Crippen LogP contribution in [0.4, 0.5) is 0 Å². The van der Waals surface area contributed by atoms with Crippen molar-refractivity contribution >= 4 is 68.3 Å². The second-order valence-electron chi connectivity index (χ2n) is 17.6. The summed E-state index contributed by atoms with van der Waals surface area (Å²) >= 11 is 4.10. The van der Waals surface area contributed by atoms with E-state index in [1.54, 1.807) is 9.00 Å². The lowest BCUT2D eigenvalue weighted by atomic mass is 10.1. The van der Waals surface area contributed by atoms with Gasteiger partial charge < -0.3 is 14.0 Å². The van der Waals surface area contributed by atoms with Crippen molar-refractivity contribution in [2.75, 3.05) is 13.2 Å². The molecule has 0 N–H and O–H groups in total. The molecule has 1 aromatic carbocycles. The number of fused-ring (bicyclic) bond motifs is 3. The van der Waals surface area contributed by atoms with Crippen molar-refractivity contribution in [2.24, 2.45) is 0 Å². The molecule has 3 heterocycles. The van der Waals surface area contributed by atoms with Gasteiger partial charge in [-0.05, 0) is 52.5 Å². The Kier molecular flexibility index (Phi) is 17.9. The lowest BCUT2D eigenvalue weighted by Gasteiger charge is -2.18. The molecule has 7 heteroatoms. The first-order valence-electron chi connectivity index (χ1n) is 21.4. The number of ether oxygens (including phenoxy) is 2. The van der Waals surface area contributed by atoms with Crippen molar-refractivity contribution in [1.82, 2.24) is 4.57 Å². The summed E-state index contributed by atoms with van der Waals surface area (Å²) < 4.78 is 22.0. The molecule has 4 rings (SSSR count). The fourth-order valence-corrected chi connectivity index (χ4v) is 13.4. The SMILES string of the molecule is CCCCCCCCCCCCOc1cc(-n2c3cc([Si](C)(C)C)sc3c3sc([Si](C)(C)C)cc32)cc(C)c1OCCCCCCCCCCCC. The molecule has 0 amide bonds. The van der Waals surface area contributed by atoms with Crippen molar-refractivity contribution < 1.29 is 9.47 Å². The highest BCUT2D eigenvalue weighted by Gasteiger charge is 2.28. The zero-order chi connectivity index (χ0) is 37.6. The number of benzene rings is 1. The van der Waals surface area contributed by atoms with Crippen LogP contribution in [0.3, 0.4) is 0 Å². The fraction of sp³-hybridized carbons (Fsp3) is 0.689. The number of thiophene rings is 2. The van der Waals surface area contributed by atoms with Crippen LogP contribution in [-0.2, 0) is 0 Å². The fourth-order valence-electron chi connectivity index (χ4n) is 7.25. The predicted octanol–water partition coefficient (Wildman–Crippen LogP) is 14.9. The molecule has 0 aliphatic heterocycles. The van der Waals surface area contributed by atoms with E-state index in [1.807, 2.05) is 22.7 Å². The van der Waals surface area contributed by atoms with Gasteiger partial charge in [0.25, 0.3) is 0 Å². The van der Waals surface area contributed by atoms with Gasteiger partial charge in [-0.1, -0.05) is 169 Å². The van der Waals surface area contributed by atoms with Crippen molar-refractivity contribution in [3.05, 3.63) is 29.8 Å². The Morgan fingerprint density at radius 3 is 1.29 bits per heavy atom. The summed E-state index contributed by atoms with van der Waals surface area (Å²) in [6, 6.07) is 9.69. The van der Waals surface area contributed by atoms with Crippen molar-refractivity contribution in [3.8, 4) is 17.2 Å². The Bertz CT molecular complexity index is 1550. The van der Waals surface area contributed by atoms with Gasteiger partial charge in [-0.25, -0.2) is 0 Å². The van der Waals surface area contributed by atoms with E-state index in [-0.39, 0.29) is 0 Å². The van der Waals surface area contributed by atoms with Crippen LogP contribution in [0.25, 0.3) is 26.1 Å². The zero-order valence-corrected chi connectivity index (χ0v) is 38.6. The molecule has 0 atom stereocenters. The number of aryl methyl sites for hydroxylation is 1. The van der Waals surface area contributed by atoms with E-state index >= 15 is 0 Å². The van der Waals surface area contributed by atoms with Gasteiger partial charge in [0, 0.05) is 6.07 Å². The van der Waals surface area contributed by atoms with Gasteiger partial charge in [-0.2, -0.15) is 0 Å². The Morgan fingerprint density at radius 1 is 0.500 bits per heavy atom. The van der Waals surface area contributed by atoms with Crippen LogP contribution in [-0.4, -0.2) is 33.9 Å². The van der Waals surface area contributed by atoms with Gasteiger partial charge in [0.2, 0.25) is 0 Å². The number of rotatable bonds is 27. The number of unbranched alkanes of at least 4 members (excludes halogenated alkanes) is 18. The second-order valence-corrected chi connectivity index (χ2v) is 30.5. The maximum atomic E-state index is 6.70. The molecule has 0 radical (unpaired) electrons. The molecule has 3 nitrogen and oxygen atoms in total. The molecular formula is C45H75NO2S2Si2. The number of hydrogen-bond donors (Lipinski definition) is 0. The average Bonchev–Trinajstić information content (AvgIpc) is 3.78. The molecule has 0 saturated carbocycles. The van der Waals surface area contributed by atoms with E-state index in [4.69, 9.17) is 9.47 Å². The minimum atomic E-state index is -1.46. The van der Waals surface area contributed by atoms with Crippen LogP contribution in [0.5, 0.6) is 11.5 Å². The average molecular weight is 782 g/mol. The molecular weight excluding hydrogens is 707 g/mol. The summed E-state index contributed by atoms with van der Waals surface area (Å²) in [5.41, 5.74) is 5.12. The third-order valence-electron chi connectivity index (χ3n) is 10.6. The first kappa shape index (κ1) is 43.2. The van der Waals surface area contributed by atoms with Crippen LogP contribution in [0.1, 0.15) is 148 Å². The zero-order valence-electron chi connectivity index (χ0n) is 34.9. The molecule has 0 spiro atoms. The van der Waals surface area contributed by atoms with Gasteiger partial charge in [-0.3, -0.25) is 0 Å². The summed E-state index contributed by atoms with van der Waals surface area (Å²) in [5, 5.41) is 0. The molecule has 292 valence electrons. The van der Waals surface area contributed by atoms with Crippen LogP contribution in [0.2, 0.25) is 39.3 Å². The molecule has 0 unspecified atom stereocenters. The van der Waals surface area contributed by atoms with Crippen LogP contribution >= 0.6 is 22.7 Å². The highest BCUT2D eigenvalue weighted by Crippen LogP contribution is 2.42. The standard InChI is InChI=1S/C45H75NO2S2Si2/c1-10-12-14-16-18-20-22-24-26-28-30-47-40-33-37(32-36(3)43(40)48-31-29-27-25-23-21-19-17-15-13-11-2)46-38-34-41(51(4,5)6)49-44(38)45-39(46)35-42(50-45)52(7,8)9/h32-35H,10-31H2,1-9H3. The van der Waals surface area contributed by atoms with Gasteiger partial charge >= 0.3 is 0 Å². The Balaban J connectivity index is 1.50. The summed E-state index contributed by atoms with van der Waals surface area (Å²) in [7, 11) is -2.91. The van der Waals surface area contributed by atoms with E-state index in [0.717, 1.165) is 37.6 Å². The Hall–Kier alpha value is -1.55. The van der Waals surface area contributed by atoms with Gasteiger partial charge in [0.1, 0.15) is 0 Å². The highest BCUT2D eigenvalue weighted by atomic mass is 32.1. The predicted molar refractivity (Wildman–Crippen MR) is 242 cm³/mol. The Labute approximate surface area is 329 Å². The first-order chi connectivity index (χ1) is 25.0. The molecule has 0 aliphatic rings. The van der Waals surface area contributed by atoms with E-state index < -0.39 is 16.1 Å². The molecule has 52 heavy (non-hydrogen) atoms. The summed E-state index contributed by atoms with van der Waals surface area (Å²) in [6.07, 6.45) is 26.7. The van der Waals surface area contributed by atoms with Crippen LogP contribution < -0.4 is 18.5 Å². The van der Waals surface area contributed by atoms with E-state index in [9.17, 15) is 0 Å². The number of aromatic nitrogens is 1. The minimum absolute atomic E-state index is 0.751. The van der Waals surface area contributed by atoms with Gasteiger partial charge in [-0.15, -0.1) is 22.7 Å². The van der Waals surface area contributed by atoms with Crippen molar-refractivity contribution in [1.29, 1.82) is 0 Å². The Morgan fingerprint density at radius 2 is 0.885 bits per heavy atom. The van der Waals surface area contributed by atoms with Crippen molar-refractivity contribution in [3.63, 3.8) is 0 Å². The minimum Gasteiger partial charge on any atom is -0.490 e. The normalized spacial score (nSPS) is 12.5. The molecule has 0 bridgehead atoms. The van der Waals surface area contributed by atoms with Crippen molar-refractivity contribution in [2.45, 2.75) is 188 Å². The van der Waals surface area contributed by atoms with E-state index in [0.29, 0.717) is 0 Å². The largest absolute Gasteiger partial charge is 0.490 e. The molecule has 4 aromatic rings. The van der Waals surface area contributed by atoms with Gasteiger partial charge in [0.15, 0.2) is 11.5 Å². The summed E-state index contributed by atoms with van der Waals surface area (Å²) in [5.74, 6) is 1.88. The highest BCUT2D eigenvalue weighted by molar-refractivity contribution is 7.37. The lowest BCUT2D eigenvalue weighted by molar-refractivity contribution is 0.257.